The van der Waals surface area contributed by atoms with Gasteiger partial charge >= 0.3 is 0 Å². The van der Waals surface area contributed by atoms with E-state index in [9.17, 15) is 8.42 Å². The summed E-state index contributed by atoms with van der Waals surface area (Å²) in [7, 11) is -2.80. The summed E-state index contributed by atoms with van der Waals surface area (Å²) < 4.78 is 23.2. The third-order valence-corrected chi connectivity index (χ3v) is 7.84. The number of sulfone groups is 1. The second-order valence-corrected chi connectivity index (χ2v) is 10.3. The Bertz CT molecular complexity index is 517. The molecule has 1 saturated carbocycles. The van der Waals surface area contributed by atoms with Gasteiger partial charge in [0.15, 0.2) is 15.8 Å². The van der Waals surface area contributed by atoms with Crippen molar-refractivity contribution in [1.29, 1.82) is 0 Å². The van der Waals surface area contributed by atoms with Crippen LogP contribution in [0.1, 0.15) is 32.6 Å². The molecule has 1 N–H and O–H groups in total. The van der Waals surface area contributed by atoms with Crippen LogP contribution in [-0.4, -0.2) is 67.5 Å². The first-order valence-corrected chi connectivity index (χ1v) is 11.3. The Morgan fingerprint density at radius 3 is 2.82 bits per heavy atom. The van der Waals surface area contributed by atoms with Crippen LogP contribution >= 0.6 is 11.8 Å². The van der Waals surface area contributed by atoms with E-state index < -0.39 is 9.84 Å². The summed E-state index contributed by atoms with van der Waals surface area (Å²) in [6, 6.07) is 0.584. The van der Waals surface area contributed by atoms with Crippen LogP contribution in [0.4, 0.5) is 0 Å². The topological polar surface area (TPSA) is 61.8 Å². The van der Waals surface area contributed by atoms with Gasteiger partial charge in [0.1, 0.15) is 0 Å². The van der Waals surface area contributed by atoms with Gasteiger partial charge in [-0.1, -0.05) is 6.92 Å². The standard InChI is InChI=1S/C15H27N3O2S2/c1-2-14-10-18(6-7-21-14)15(17-13-3-4-13)16-9-12-5-8-22(19,20)11-12/h12-14H,2-11H2,1H3,(H,16,17). The molecular formula is C15H27N3O2S2. The largest absolute Gasteiger partial charge is 0.354 e. The minimum absolute atomic E-state index is 0.210. The first-order chi connectivity index (χ1) is 10.6. The van der Waals surface area contributed by atoms with E-state index in [4.69, 9.17) is 4.99 Å². The van der Waals surface area contributed by atoms with Crippen molar-refractivity contribution in [3.8, 4) is 0 Å². The number of hydrogen-bond donors (Lipinski definition) is 1. The van der Waals surface area contributed by atoms with E-state index >= 15 is 0 Å². The molecule has 0 bridgehead atoms. The Morgan fingerprint density at radius 2 is 2.18 bits per heavy atom. The number of hydrogen-bond acceptors (Lipinski definition) is 4. The van der Waals surface area contributed by atoms with E-state index in [0.717, 1.165) is 31.2 Å². The summed E-state index contributed by atoms with van der Waals surface area (Å²) in [5.74, 6) is 3.05. The third-order valence-electron chi connectivity index (χ3n) is 4.63. The molecule has 7 heteroatoms. The van der Waals surface area contributed by atoms with Gasteiger partial charge in [-0.05, 0) is 31.6 Å². The Balaban J connectivity index is 1.62. The maximum absolute atomic E-state index is 11.6. The molecule has 2 heterocycles. The van der Waals surface area contributed by atoms with Crippen LogP contribution in [0, 0.1) is 5.92 Å². The van der Waals surface area contributed by atoms with Gasteiger partial charge in [-0.15, -0.1) is 0 Å². The number of aliphatic imine (C=N–C) groups is 1. The van der Waals surface area contributed by atoms with Crippen LogP contribution in [0.3, 0.4) is 0 Å². The van der Waals surface area contributed by atoms with Crippen LogP contribution in [0.15, 0.2) is 4.99 Å². The van der Waals surface area contributed by atoms with Crippen molar-refractivity contribution >= 4 is 27.6 Å². The van der Waals surface area contributed by atoms with Crippen LogP contribution in [0.5, 0.6) is 0 Å². The maximum atomic E-state index is 11.6. The maximum Gasteiger partial charge on any atom is 0.194 e. The minimum Gasteiger partial charge on any atom is -0.354 e. The Labute approximate surface area is 138 Å². The molecule has 0 amide bonds. The first kappa shape index (κ1) is 16.4. The van der Waals surface area contributed by atoms with Crippen molar-refractivity contribution in [2.45, 2.75) is 43.9 Å². The second kappa shape index (κ2) is 6.99. The lowest BCUT2D eigenvalue weighted by molar-refractivity contribution is 0.405. The zero-order valence-corrected chi connectivity index (χ0v) is 15.0. The quantitative estimate of drug-likeness (QED) is 0.616. The molecule has 2 unspecified atom stereocenters. The Kier molecular flexibility index (Phi) is 5.22. The third kappa shape index (κ3) is 4.54. The van der Waals surface area contributed by atoms with E-state index in [0.29, 0.717) is 29.3 Å². The van der Waals surface area contributed by atoms with Crippen molar-refractivity contribution in [3.05, 3.63) is 0 Å². The lowest BCUT2D eigenvalue weighted by Crippen LogP contribution is -2.48. The molecule has 3 rings (SSSR count). The summed E-state index contributed by atoms with van der Waals surface area (Å²) in [5, 5.41) is 4.25. The summed E-state index contributed by atoms with van der Waals surface area (Å²) in [4.78, 5) is 7.18. The molecule has 2 atom stereocenters. The van der Waals surface area contributed by atoms with Crippen LogP contribution in [0.2, 0.25) is 0 Å². The van der Waals surface area contributed by atoms with E-state index in [2.05, 4.69) is 28.9 Å². The fourth-order valence-electron chi connectivity index (χ4n) is 3.04. The van der Waals surface area contributed by atoms with Gasteiger partial charge in [0.2, 0.25) is 0 Å². The van der Waals surface area contributed by atoms with Gasteiger partial charge in [0.05, 0.1) is 11.5 Å². The molecule has 0 aromatic rings. The van der Waals surface area contributed by atoms with Gasteiger partial charge in [0, 0.05) is 36.7 Å². The molecule has 22 heavy (non-hydrogen) atoms. The van der Waals surface area contributed by atoms with Crippen LogP contribution < -0.4 is 5.32 Å². The average molecular weight is 346 g/mol. The molecule has 3 aliphatic rings. The lowest BCUT2D eigenvalue weighted by atomic mass is 10.1. The van der Waals surface area contributed by atoms with Crippen LogP contribution in [0.25, 0.3) is 0 Å². The fraction of sp³-hybridized carbons (Fsp3) is 0.933. The minimum atomic E-state index is -2.80. The van der Waals surface area contributed by atoms with E-state index in [1.807, 2.05) is 0 Å². The summed E-state index contributed by atoms with van der Waals surface area (Å²) in [5.41, 5.74) is 0. The first-order valence-electron chi connectivity index (χ1n) is 8.43. The molecule has 0 aromatic carbocycles. The van der Waals surface area contributed by atoms with Crippen LogP contribution in [-0.2, 0) is 9.84 Å². The number of nitrogens with one attached hydrogen (secondary N) is 1. The van der Waals surface area contributed by atoms with Gasteiger partial charge in [-0.25, -0.2) is 8.42 Å². The number of nitrogens with zero attached hydrogens (tertiary/aromatic N) is 2. The molecule has 3 fully saturated rings. The molecule has 1 aliphatic carbocycles. The van der Waals surface area contributed by atoms with E-state index in [1.165, 1.54) is 19.3 Å². The van der Waals surface area contributed by atoms with Gasteiger partial charge < -0.3 is 10.2 Å². The van der Waals surface area contributed by atoms with Gasteiger partial charge in [-0.2, -0.15) is 11.8 Å². The summed E-state index contributed by atoms with van der Waals surface area (Å²) in [6.45, 7) is 5.00. The predicted octanol–water partition coefficient (Wildman–Crippen LogP) is 1.36. The van der Waals surface area contributed by atoms with Crippen molar-refractivity contribution in [2.24, 2.45) is 10.9 Å². The molecule has 2 saturated heterocycles. The predicted molar refractivity (Wildman–Crippen MR) is 93.3 cm³/mol. The highest BCUT2D eigenvalue weighted by atomic mass is 32.2. The number of rotatable bonds is 4. The highest BCUT2D eigenvalue weighted by Gasteiger charge is 2.30. The zero-order valence-electron chi connectivity index (χ0n) is 13.3. The fourth-order valence-corrected chi connectivity index (χ4v) is 6.07. The average Bonchev–Trinajstić information content (AvgIpc) is 3.26. The van der Waals surface area contributed by atoms with Gasteiger partial charge in [0.25, 0.3) is 0 Å². The monoisotopic (exact) mass is 345 g/mol. The molecule has 5 nitrogen and oxygen atoms in total. The highest BCUT2D eigenvalue weighted by Crippen LogP contribution is 2.24. The number of guanidine groups is 1. The Morgan fingerprint density at radius 1 is 1.36 bits per heavy atom. The van der Waals surface area contributed by atoms with Crippen molar-refractivity contribution in [3.63, 3.8) is 0 Å². The van der Waals surface area contributed by atoms with E-state index in [1.54, 1.807) is 0 Å². The van der Waals surface area contributed by atoms with Gasteiger partial charge in [-0.3, -0.25) is 4.99 Å². The molecule has 0 spiro atoms. The molecule has 126 valence electrons. The molecule has 2 aliphatic heterocycles. The molecule has 0 radical (unpaired) electrons. The molecule has 0 aromatic heterocycles. The summed E-state index contributed by atoms with van der Waals surface area (Å²) >= 11 is 2.06. The molecular weight excluding hydrogens is 318 g/mol. The number of thioether (sulfide) groups is 1. The lowest BCUT2D eigenvalue weighted by Gasteiger charge is -2.34. The van der Waals surface area contributed by atoms with Crippen molar-refractivity contribution in [2.75, 3.05) is 36.9 Å². The normalized spacial score (nSPS) is 32.2. The second-order valence-electron chi connectivity index (χ2n) is 6.70. The highest BCUT2D eigenvalue weighted by molar-refractivity contribution is 8.00. The smallest absolute Gasteiger partial charge is 0.194 e. The zero-order chi connectivity index (χ0) is 15.6. The summed E-state index contributed by atoms with van der Waals surface area (Å²) in [6.07, 6.45) is 4.43. The van der Waals surface area contributed by atoms with Crippen molar-refractivity contribution in [1.82, 2.24) is 10.2 Å². The Hall–Kier alpha value is -0.430. The SMILES string of the molecule is CCC1CN(C(=NCC2CCS(=O)(=O)C2)NC2CC2)CCS1. The van der Waals surface area contributed by atoms with Crippen molar-refractivity contribution < 1.29 is 8.42 Å². The van der Waals surface area contributed by atoms with E-state index in [-0.39, 0.29) is 5.92 Å².